The number of hydrogen-bond acceptors (Lipinski definition) is 5. The fourth-order valence-electron chi connectivity index (χ4n) is 3.61. The van der Waals surface area contributed by atoms with Crippen LogP contribution in [0.4, 0.5) is 0 Å². The SMILES string of the molecule is COc1cc(CNC(=O)C2CCCN(C(=O)c3cccs3)C2)ccc1OCCC(C)C. The van der Waals surface area contributed by atoms with E-state index in [0.717, 1.165) is 29.7 Å². The lowest BCUT2D eigenvalue weighted by Gasteiger charge is -2.31. The molecule has 1 aliphatic rings. The molecular weight excluding hydrogens is 412 g/mol. The summed E-state index contributed by atoms with van der Waals surface area (Å²) in [5.41, 5.74) is 0.948. The van der Waals surface area contributed by atoms with E-state index in [0.29, 0.717) is 43.7 Å². The Morgan fingerprint density at radius 3 is 2.81 bits per heavy atom. The van der Waals surface area contributed by atoms with E-state index in [2.05, 4.69) is 19.2 Å². The van der Waals surface area contributed by atoms with Crippen molar-refractivity contribution in [2.24, 2.45) is 11.8 Å². The molecule has 1 fully saturated rings. The lowest BCUT2D eigenvalue weighted by atomic mass is 9.97. The molecule has 2 amide bonds. The number of amides is 2. The molecular formula is C24H32N2O4S. The van der Waals surface area contributed by atoms with Gasteiger partial charge in [-0.2, -0.15) is 0 Å². The maximum absolute atomic E-state index is 12.8. The van der Waals surface area contributed by atoms with Crippen LogP contribution in [0.5, 0.6) is 11.5 Å². The maximum Gasteiger partial charge on any atom is 0.263 e. The van der Waals surface area contributed by atoms with E-state index in [1.54, 1.807) is 12.0 Å². The Labute approximate surface area is 188 Å². The molecule has 0 saturated carbocycles. The fourth-order valence-corrected chi connectivity index (χ4v) is 4.30. The highest BCUT2D eigenvalue weighted by Gasteiger charge is 2.29. The molecule has 1 N–H and O–H groups in total. The van der Waals surface area contributed by atoms with Crippen LogP contribution in [0.15, 0.2) is 35.7 Å². The van der Waals surface area contributed by atoms with Crippen molar-refractivity contribution in [3.8, 4) is 11.5 Å². The van der Waals surface area contributed by atoms with Gasteiger partial charge < -0.3 is 19.7 Å². The second-order valence-electron chi connectivity index (χ2n) is 8.30. The Hall–Kier alpha value is -2.54. The number of carbonyl (C=O) groups excluding carboxylic acids is 2. The Kier molecular flexibility index (Phi) is 8.35. The van der Waals surface area contributed by atoms with Crippen LogP contribution in [0, 0.1) is 11.8 Å². The van der Waals surface area contributed by atoms with Crippen LogP contribution < -0.4 is 14.8 Å². The van der Waals surface area contributed by atoms with Crippen LogP contribution in [-0.2, 0) is 11.3 Å². The molecule has 1 aromatic heterocycles. The van der Waals surface area contributed by atoms with Crippen LogP contribution in [0.2, 0.25) is 0 Å². The van der Waals surface area contributed by atoms with Crippen molar-refractivity contribution in [2.45, 2.75) is 39.7 Å². The molecule has 0 aliphatic carbocycles. The normalized spacial score (nSPS) is 16.3. The van der Waals surface area contributed by atoms with Crippen LogP contribution in [-0.4, -0.2) is 43.5 Å². The summed E-state index contributed by atoms with van der Waals surface area (Å²) in [6.45, 7) is 6.56. The van der Waals surface area contributed by atoms with Gasteiger partial charge in [-0.1, -0.05) is 26.0 Å². The van der Waals surface area contributed by atoms with Gasteiger partial charge in [0, 0.05) is 19.6 Å². The van der Waals surface area contributed by atoms with Crippen molar-refractivity contribution in [3.63, 3.8) is 0 Å². The molecule has 1 aromatic carbocycles. The zero-order valence-electron chi connectivity index (χ0n) is 18.6. The summed E-state index contributed by atoms with van der Waals surface area (Å²) in [6.07, 6.45) is 2.62. The topological polar surface area (TPSA) is 67.9 Å². The van der Waals surface area contributed by atoms with Crippen molar-refractivity contribution in [1.29, 1.82) is 0 Å². The number of ether oxygens (including phenoxy) is 2. The van der Waals surface area contributed by atoms with Crippen LogP contribution in [0.3, 0.4) is 0 Å². The molecule has 168 valence electrons. The van der Waals surface area contributed by atoms with Crippen LogP contribution in [0.1, 0.15) is 48.3 Å². The average Bonchev–Trinajstić information content (AvgIpc) is 3.32. The van der Waals surface area contributed by atoms with Gasteiger partial charge in [0.05, 0.1) is 24.5 Å². The second kappa shape index (κ2) is 11.2. The highest BCUT2D eigenvalue weighted by atomic mass is 32.1. The van der Waals surface area contributed by atoms with Gasteiger partial charge in [-0.15, -0.1) is 11.3 Å². The molecule has 6 nitrogen and oxygen atoms in total. The molecule has 7 heteroatoms. The summed E-state index contributed by atoms with van der Waals surface area (Å²) in [5, 5.41) is 4.92. The largest absolute Gasteiger partial charge is 0.493 e. The molecule has 0 spiro atoms. The summed E-state index contributed by atoms with van der Waals surface area (Å²) in [4.78, 5) is 27.9. The molecule has 2 heterocycles. The minimum absolute atomic E-state index is 0.0140. The van der Waals surface area contributed by atoms with E-state index in [1.165, 1.54) is 11.3 Å². The molecule has 1 atom stereocenters. The maximum atomic E-state index is 12.8. The molecule has 2 aromatic rings. The number of nitrogens with zero attached hydrogens (tertiary/aromatic N) is 1. The van der Waals surface area contributed by atoms with E-state index in [1.807, 2.05) is 35.7 Å². The third-order valence-corrected chi connectivity index (χ3v) is 6.32. The first-order chi connectivity index (χ1) is 15.0. The van der Waals surface area contributed by atoms with Crippen molar-refractivity contribution >= 4 is 23.2 Å². The standard InChI is InChI=1S/C24H32N2O4S/c1-17(2)10-12-30-20-9-8-18(14-21(20)29-3)15-25-23(27)19-6-4-11-26(16-19)24(28)22-7-5-13-31-22/h5,7-9,13-14,17,19H,4,6,10-12,15-16H2,1-3H3,(H,25,27). The summed E-state index contributed by atoms with van der Waals surface area (Å²) < 4.78 is 11.3. The lowest BCUT2D eigenvalue weighted by Crippen LogP contribution is -2.45. The monoisotopic (exact) mass is 444 g/mol. The van der Waals surface area contributed by atoms with Gasteiger partial charge in [-0.25, -0.2) is 0 Å². The van der Waals surface area contributed by atoms with Gasteiger partial charge in [0.1, 0.15) is 0 Å². The number of methoxy groups -OCH3 is 1. The van der Waals surface area contributed by atoms with Gasteiger partial charge >= 0.3 is 0 Å². The molecule has 31 heavy (non-hydrogen) atoms. The molecule has 0 radical (unpaired) electrons. The summed E-state index contributed by atoms with van der Waals surface area (Å²) in [5.74, 6) is 1.79. The third kappa shape index (κ3) is 6.47. The van der Waals surface area contributed by atoms with Crippen molar-refractivity contribution in [2.75, 3.05) is 26.8 Å². The molecule has 3 rings (SSSR count). The highest BCUT2D eigenvalue weighted by molar-refractivity contribution is 7.12. The van der Waals surface area contributed by atoms with E-state index < -0.39 is 0 Å². The van der Waals surface area contributed by atoms with Gasteiger partial charge in [-0.05, 0) is 54.3 Å². The number of nitrogens with one attached hydrogen (secondary N) is 1. The van der Waals surface area contributed by atoms with Gasteiger partial charge in [0.25, 0.3) is 5.91 Å². The van der Waals surface area contributed by atoms with E-state index in [4.69, 9.17) is 9.47 Å². The van der Waals surface area contributed by atoms with Crippen LogP contribution in [0.25, 0.3) is 0 Å². The Bertz CT molecular complexity index is 866. The zero-order chi connectivity index (χ0) is 22.2. The number of benzene rings is 1. The van der Waals surface area contributed by atoms with Crippen molar-refractivity contribution in [1.82, 2.24) is 10.2 Å². The number of likely N-dealkylation sites (tertiary alicyclic amines) is 1. The predicted molar refractivity (Wildman–Crippen MR) is 123 cm³/mol. The highest BCUT2D eigenvalue weighted by Crippen LogP contribution is 2.28. The van der Waals surface area contributed by atoms with Crippen molar-refractivity contribution in [3.05, 3.63) is 46.2 Å². The predicted octanol–water partition coefficient (Wildman–Crippen LogP) is 4.35. The minimum Gasteiger partial charge on any atom is -0.493 e. The molecule has 1 aliphatic heterocycles. The number of rotatable bonds is 9. The molecule has 1 saturated heterocycles. The number of piperidine rings is 1. The Morgan fingerprint density at radius 1 is 1.26 bits per heavy atom. The number of carbonyl (C=O) groups is 2. The quantitative estimate of drug-likeness (QED) is 0.624. The van der Waals surface area contributed by atoms with E-state index in [9.17, 15) is 9.59 Å². The van der Waals surface area contributed by atoms with Crippen LogP contribution >= 0.6 is 11.3 Å². The Morgan fingerprint density at radius 2 is 2.10 bits per heavy atom. The zero-order valence-corrected chi connectivity index (χ0v) is 19.4. The third-order valence-electron chi connectivity index (χ3n) is 5.46. The average molecular weight is 445 g/mol. The van der Waals surface area contributed by atoms with Gasteiger partial charge in [0.2, 0.25) is 5.91 Å². The van der Waals surface area contributed by atoms with Gasteiger partial charge in [0.15, 0.2) is 11.5 Å². The summed E-state index contributed by atoms with van der Waals surface area (Å²) in [6, 6.07) is 9.45. The smallest absolute Gasteiger partial charge is 0.263 e. The van der Waals surface area contributed by atoms with E-state index in [-0.39, 0.29) is 17.7 Å². The molecule has 0 bridgehead atoms. The van der Waals surface area contributed by atoms with E-state index >= 15 is 0 Å². The summed E-state index contributed by atoms with van der Waals surface area (Å²) >= 11 is 1.44. The molecule has 1 unspecified atom stereocenters. The fraction of sp³-hybridized carbons (Fsp3) is 0.500. The first kappa shape index (κ1) is 23.1. The Balaban J connectivity index is 1.53. The van der Waals surface area contributed by atoms with Gasteiger partial charge in [-0.3, -0.25) is 9.59 Å². The lowest BCUT2D eigenvalue weighted by molar-refractivity contribution is -0.126. The number of thiophene rings is 1. The minimum atomic E-state index is -0.182. The second-order valence-corrected chi connectivity index (χ2v) is 9.25. The number of hydrogen-bond donors (Lipinski definition) is 1. The summed E-state index contributed by atoms with van der Waals surface area (Å²) in [7, 11) is 1.62. The van der Waals surface area contributed by atoms with Crippen molar-refractivity contribution < 1.29 is 19.1 Å². The first-order valence-electron chi connectivity index (χ1n) is 10.9. The first-order valence-corrected chi connectivity index (χ1v) is 11.8.